The molecule has 0 unspecified atom stereocenters. The minimum atomic E-state index is -1.27. The monoisotopic (exact) mass is 279 g/mol. The second-order valence-electron chi connectivity index (χ2n) is 4.18. The van der Waals surface area contributed by atoms with Crippen LogP contribution in [0, 0.1) is 0 Å². The number of amides is 1. The summed E-state index contributed by atoms with van der Waals surface area (Å²) in [5.74, 6) is -2.35. The Morgan fingerprint density at radius 3 is 2.50 bits per heavy atom. The normalized spacial score (nSPS) is 11.5. The van der Waals surface area contributed by atoms with Gasteiger partial charge in [-0.15, -0.1) is 0 Å². The van der Waals surface area contributed by atoms with Gasteiger partial charge in [-0.3, -0.25) is 9.59 Å². The van der Waals surface area contributed by atoms with Crippen molar-refractivity contribution in [2.45, 2.75) is 26.3 Å². The summed E-state index contributed by atoms with van der Waals surface area (Å²) in [4.78, 5) is 33.8. The van der Waals surface area contributed by atoms with Crippen molar-refractivity contribution in [3.05, 3.63) is 35.4 Å². The van der Waals surface area contributed by atoms with E-state index in [4.69, 9.17) is 5.11 Å². The number of carboxylic acid groups (broad SMARTS) is 1. The van der Waals surface area contributed by atoms with Crippen molar-refractivity contribution in [1.82, 2.24) is 5.32 Å². The lowest BCUT2D eigenvalue weighted by Crippen LogP contribution is -2.44. The number of rotatable bonds is 6. The molecule has 0 bridgehead atoms. The molecule has 0 aliphatic rings. The summed E-state index contributed by atoms with van der Waals surface area (Å²) in [5.41, 5.74) is 1.24. The molecule has 0 saturated carbocycles. The van der Waals surface area contributed by atoms with Crippen LogP contribution in [0.1, 0.15) is 29.8 Å². The van der Waals surface area contributed by atoms with Crippen LogP contribution in [0.5, 0.6) is 0 Å². The van der Waals surface area contributed by atoms with Gasteiger partial charge in [0.1, 0.15) is 6.61 Å². The molecule has 0 aliphatic carbocycles. The van der Waals surface area contributed by atoms with Gasteiger partial charge < -0.3 is 15.2 Å². The van der Waals surface area contributed by atoms with E-state index in [-0.39, 0.29) is 0 Å². The standard InChI is InChI=1S/C14H17NO5/c1-3-10-6-4-5-7-11(10)13(17)15-12(14(18)19)8-20-9(2)16/h4-7,12H,3,8H2,1-2H3,(H,15,17)(H,18,19)/t12-/m0/s1. The second-order valence-corrected chi connectivity index (χ2v) is 4.18. The molecule has 1 atom stereocenters. The van der Waals surface area contributed by atoms with Crippen LogP contribution in [0.3, 0.4) is 0 Å². The van der Waals surface area contributed by atoms with Crippen molar-refractivity contribution in [3.63, 3.8) is 0 Å². The van der Waals surface area contributed by atoms with Gasteiger partial charge in [0, 0.05) is 12.5 Å². The zero-order valence-corrected chi connectivity index (χ0v) is 11.4. The molecule has 0 aromatic heterocycles. The Hall–Kier alpha value is -2.37. The lowest BCUT2D eigenvalue weighted by molar-refractivity contribution is -0.146. The summed E-state index contributed by atoms with van der Waals surface area (Å²) in [6.45, 7) is 2.68. The predicted octanol–water partition coefficient (Wildman–Crippen LogP) is 0.995. The summed E-state index contributed by atoms with van der Waals surface area (Å²) in [5, 5.41) is 11.3. The average molecular weight is 279 g/mol. The SMILES string of the molecule is CCc1ccccc1C(=O)N[C@@H](COC(C)=O)C(=O)O. The van der Waals surface area contributed by atoms with Gasteiger partial charge in [0.15, 0.2) is 6.04 Å². The number of hydrogen-bond acceptors (Lipinski definition) is 4. The fourth-order valence-corrected chi connectivity index (χ4v) is 1.66. The Labute approximate surface area is 116 Å². The molecule has 1 aromatic rings. The number of ether oxygens (including phenoxy) is 1. The molecule has 0 spiro atoms. The number of hydrogen-bond donors (Lipinski definition) is 2. The van der Waals surface area contributed by atoms with E-state index in [1.165, 1.54) is 6.92 Å². The van der Waals surface area contributed by atoms with Crippen LogP contribution >= 0.6 is 0 Å². The smallest absolute Gasteiger partial charge is 0.329 e. The van der Waals surface area contributed by atoms with E-state index in [1.54, 1.807) is 18.2 Å². The highest BCUT2D eigenvalue weighted by Gasteiger charge is 2.22. The Balaban J connectivity index is 2.80. The third-order valence-corrected chi connectivity index (χ3v) is 2.70. The van der Waals surface area contributed by atoms with Gasteiger partial charge in [0.05, 0.1) is 0 Å². The molecule has 0 aliphatic heterocycles. The number of nitrogens with one attached hydrogen (secondary N) is 1. The summed E-state index contributed by atoms with van der Waals surface area (Å²) in [6.07, 6.45) is 0.658. The van der Waals surface area contributed by atoms with Crippen molar-refractivity contribution in [2.24, 2.45) is 0 Å². The van der Waals surface area contributed by atoms with E-state index in [2.05, 4.69) is 10.1 Å². The average Bonchev–Trinajstić information content (AvgIpc) is 2.42. The van der Waals surface area contributed by atoms with Crippen molar-refractivity contribution in [2.75, 3.05) is 6.61 Å². The number of carbonyl (C=O) groups excluding carboxylic acids is 2. The van der Waals surface area contributed by atoms with Crippen LogP contribution in [0.4, 0.5) is 0 Å². The van der Waals surface area contributed by atoms with Crippen LogP contribution in [0.15, 0.2) is 24.3 Å². The number of carbonyl (C=O) groups is 3. The number of benzene rings is 1. The molecule has 0 fully saturated rings. The molecule has 6 heteroatoms. The molecule has 1 rings (SSSR count). The highest BCUT2D eigenvalue weighted by Crippen LogP contribution is 2.09. The summed E-state index contributed by atoms with van der Waals surface area (Å²) < 4.78 is 4.62. The van der Waals surface area contributed by atoms with Crippen LogP contribution in [-0.4, -0.2) is 35.6 Å². The Morgan fingerprint density at radius 1 is 1.30 bits per heavy atom. The molecule has 6 nitrogen and oxygen atoms in total. The van der Waals surface area contributed by atoms with E-state index in [0.717, 1.165) is 5.56 Å². The minimum Gasteiger partial charge on any atom is -0.480 e. The largest absolute Gasteiger partial charge is 0.480 e. The second kappa shape index (κ2) is 7.28. The van der Waals surface area contributed by atoms with Crippen molar-refractivity contribution in [3.8, 4) is 0 Å². The van der Waals surface area contributed by atoms with Crippen molar-refractivity contribution >= 4 is 17.8 Å². The van der Waals surface area contributed by atoms with Gasteiger partial charge in [-0.2, -0.15) is 0 Å². The fraction of sp³-hybridized carbons (Fsp3) is 0.357. The van der Waals surface area contributed by atoms with E-state index < -0.39 is 30.5 Å². The van der Waals surface area contributed by atoms with E-state index in [9.17, 15) is 14.4 Å². The van der Waals surface area contributed by atoms with Gasteiger partial charge in [0.25, 0.3) is 5.91 Å². The predicted molar refractivity (Wildman–Crippen MR) is 71.3 cm³/mol. The van der Waals surface area contributed by atoms with E-state index in [1.807, 2.05) is 13.0 Å². The maximum absolute atomic E-state index is 12.1. The molecule has 0 heterocycles. The Kier molecular flexibility index (Phi) is 5.71. The summed E-state index contributed by atoms with van der Waals surface area (Å²) in [6, 6.07) is 5.67. The molecule has 1 amide bonds. The van der Waals surface area contributed by atoms with Gasteiger partial charge in [-0.25, -0.2) is 4.79 Å². The molecule has 20 heavy (non-hydrogen) atoms. The topological polar surface area (TPSA) is 92.7 Å². The van der Waals surface area contributed by atoms with Gasteiger partial charge in [0.2, 0.25) is 0 Å². The molecular formula is C14H17NO5. The number of aliphatic carboxylic acids is 1. The van der Waals surface area contributed by atoms with Crippen LogP contribution in [-0.2, 0) is 20.7 Å². The number of esters is 1. The quantitative estimate of drug-likeness (QED) is 0.758. The first-order valence-corrected chi connectivity index (χ1v) is 6.20. The maximum atomic E-state index is 12.1. The minimum absolute atomic E-state index is 0.398. The number of aryl methyl sites for hydroxylation is 1. The van der Waals surface area contributed by atoms with Gasteiger partial charge in [-0.05, 0) is 18.1 Å². The Morgan fingerprint density at radius 2 is 1.95 bits per heavy atom. The first-order valence-electron chi connectivity index (χ1n) is 6.20. The lowest BCUT2D eigenvalue weighted by atomic mass is 10.0. The number of carboxylic acids is 1. The van der Waals surface area contributed by atoms with E-state index >= 15 is 0 Å². The Bertz CT molecular complexity index is 512. The highest BCUT2D eigenvalue weighted by molar-refractivity contribution is 5.97. The molecule has 1 aromatic carbocycles. The fourth-order valence-electron chi connectivity index (χ4n) is 1.66. The van der Waals surface area contributed by atoms with Gasteiger partial charge >= 0.3 is 11.9 Å². The molecular weight excluding hydrogens is 262 g/mol. The first kappa shape index (κ1) is 15.7. The van der Waals surface area contributed by atoms with Crippen LogP contribution in [0.2, 0.25) is 0 Å². The van der Waals surface area contributed by atoms with Crippen LogP contribution < -0.4 is 5.32 Å². The summed E-state index contributed by atoms with van der Waals surface area (Å²) >= 11 is 0. The van der Waals surface area contributed by atoms with Gasteiger partial charge in [-0.1, -0.05) is 25.1 Å². The lowest BCUT2D eigenvalue weighted by Gasteiger charge is -2.15. The van der Waals surface area contributed by atoms with Crippen molar-refractivity contribution < 1.29 is 24.2 Å². The van der Waals surface area contributed by atoms with Crippen molar-refractivity contribution in [1.29, 1.82) is 0 Å². The zero-order chi connectivity index (χ0) is 15.1. The molecule has 108 valence electrons. The third-order valence-electron chi connectivity index (χ3n) is 2.70. The summed E-state index contributed by atoms with van der Waals surface area (Å²) in [7, 11) is 0. The molecule has 0 radical (unpaired) electrons. The molecule has 0 saturated heterocycles. The third kappa shape index (κ3) is 4.38. The maximum Gasteiger partial charge on any atom is 0.329 e. The molecule has 2 N–H and O–H groups in total. The zero-order valence-electron chi connectivity index (χ0n) is 11.4. The highest BCUT2D eigenvalue weighted by atomic mass is 16.5. The van der Waals surface area contributed by atoms with E-state index in [0.29, 0.717) is 12.0 Å². The van der Waals surface area contributed by atoms with Crippen LogP contribution in [0.25, 0.3) is 0 Å². The first-order chi connectivity index (χ1) is 9.45.